The molecule has 7 heteroatoms. The van der Waals surface area contributed by atoms with E-state index in [1.54, 1.807) is 0 Å². The molecule has 0 fully saturated rings. The molecule has 0 amide bonds. The summed E-state index contributed by atoms with van der Waals surface area (Å²) in [7, 11) is 1.14. The average Bonchev–Trinajstić information content (AvgIpc) is 2.76. The Labute approximate surface area is 207 Å². The maximum atomic E-state index is 11.6. The van der Waals surface area contributed by atoms with Gasteiger partial charge in [-0.05, 0) is 29.5 Å². The number of nitrogens with two attached hydrogens (primary N) is 1. The Balaban J connectivity index is 0.000000358. The van der Waals surface area contributed by atoms with Crippen molar-refractivity contribution in [2.75, 3.05) is 6.26 Å². The van der Waals surface area contributed by atoms with Gasteiger partial charge in [-0.3, -0.25) is 0 Å². The Bertz CT molecular complexity index is 1010. The van der Waals surface area contributed by atoms with E-state index in [4.69, 9.17) is 5.73 Å². The van der Waals surface area contributed by atoms with Crippen LogP contribution in [0.5, 0.6) is 0 Å². The van der Waals surface area contributed by atoms with Crippen LogP contribution in [0.15, 0.2) is 84.9 Å². The van der Waals surface area contributed by atoms with Crippen molar-refractivity contribution in [2.24, 2.45) is 5.73 Å². The van der Waals surface area contributed by atoms with Crippen LogP contribution in [-0.4, -0.2) is 14.7 Å². The monoisotopic (exact) mass is 561 g/mol. The molecular formula is C25H32ClN2O2RuS+. The second kappa shape index (κ2) is 13.9. The number of hydrogen-bond donors (Lipinski definition) is 2. The van der Waals surface area contributed by atoms with E-state index in [0.717, 1.165) is 17.4 Å². The first-order valence-electron chi connectivity index (χ1n) is 10.2. The molecule has 174 valence electrons. The third kappa shape index (κ3) is 10.4. The van der Waals surface area contributed by atoms with E-state index >= 15 is 0 Å². The predicted molar refractivity (Wildman–Crippen MR) is 132 cm³/mol. The Hall–Kier alpha value is -1.56. The van der Waals surface area contributed by atoms with Crippen LogP contribution < -0.4 is 10.5 Å². The van der Waals surface area contributed by atoms with Gasteiger partial charge in [0.05, 0.1) is 6.26 Å². The van der Waals surface area contributed by atoms with Gasteiger partial charge in [-0.15, -0.1) is 0 Å². The molecule has 3 rings (SSSR count). The molecule has 32 heavy (non-hydrogen) atoms. The molecule has 0 aliphatic heterocycles. The van der Waals surface area contributed by atoms with Gasteiger partial charge in [0, 0.05) is 6.42 Å². The second-order valence-electron chi connectivity index (χ2n) is 7.94. The molecule has 0 saturated heterocycles. The third-order valence-corrected chi connectivity index (χ3v) is 5.46. The zero-order valence-corrected chi connectivity index (χ0v) is 22.2. The van der Waals surface area contributed by atoms with Gasteiger partial charge in [0.2, 0.25) is 10.0 Å². The van der Waals surface area contributed by atoms with Crippen molar-refractivity contribution in [2.45, 2.75) is 38.8 Å². The van der Waals surface area contributed by atoms with Crippen molar-refractivity contribution in [3.63, 3.8) is 0 Å². The molecule has 4 nitrogen and oxygen atoms in total. The minimum absolute atomic E-state index is 0.380. The summed E-state index contributed by atoms with van der Waals surface area (Å²) < 4.78 is 25.8. The number of nitrogens with one attached hydrogen (secondary N) is 1. The zero-order valence-electron chi connectivity index (χ0n) is 18.9. The fourth-order valence-corrected chi connectivity index (χ4v) is 3.98. The Morgan fingerprint density at radius 2 is 1.38 bits per heavy atom. The zero-order chi connectivity index (χ0) is 24.2. The van der Waals surface area contributed by atoms with Crippen molar-refractivity contribution in [1.29, 1.82) is 0 Å². The number of aryl methyl sites for hydroxylation is 1. The Kier molecular flexibility index (Phi) is 12.3. The van der Waals surface area contributed by atoms with Crippen LogP contribution in [0.2, 0.25) is 0 Å². The summed E-state index contributed by atoms with van der Waals surface area (Å²) in [6.07, 6.45) is 1.49. The average molecular weight is 561 g/mol. The summed E-state index contributed by atoms with van der Waals surface area (Å²) in [5, 5.41) is 0. The quantitative estimate of drug-likeness (QED) is 0.313. The summed E-state index contributed by atoms with van der Waals surface area (Å²) in [5.74, 6) is 0.653. The van der Waals surface area contributed by atoms with Gasteiger partial charge in [-0.2, -0.15) is 4.72 Å². The first kappa shape index (κ1) is 28.5. The summed E-state index contributed by atoms with van der Waals surface area (Å²) in [6, 6.07) is 27.5. The SMILES string of the molecule is CS(=O)(=O)N[C@@](N)(Cc1ccccc1)c1ccccc1.Cc1ccc(C(C)C)cc1.[Cl][Ru+]. The van der Waals surface area contributed by atoms with E-state index < -0.39 is 15.7 Å². The molecule has 0 aliphatic rings. The summed E-state index contributed by atoms with van der Waals surface area (Å²) >= 11 is 1.82. The molecule has 0 spiro atoms. The minimum atomic E-state index is -3.43. The molecule has 0 bridgehead atoms. The number of sulfonamides is 1. The van der Waals surface area contributed by atoms with Crippen molar-refractivity contribution < 1.29 is 25.7 Å². The van der Waals surface area contributed by atoms with Crippen molar-refractivity contribution in [3.05, 3.63) is 107 Å². The molecule has 0 aromatic heterocycles. The van der Waals surface area contributed by atoms with Gasteiger partial charge in [0.15, 0.2) is 0 Å². The summed E-state index contributed by atoms with van der Waals surface area (Å²) in [5.41, 5.74) is 9.65. The summed E-state index contributed by atoms with van der Waals surface area (Å²) in [6.45, 7) is 6.54. The topological polar surface area (TPSA) is 72.2 Å². The van der Waals surface area contributed by atoms with E-state index in [1.165, 1.54) is 11.1 Å². The molecule has 0 aliphatic carbocycles. The standard InChI is InChI=1S/C15H18N2O2S.C10H14.ClH.Ru/c1-20(18,19)17-15(16,14-10-6-3-7-11-14)12-13-8-4-2-5-9-13;1-8(2)10-6-4-9(3)5-7-10;;/h2-11,17H,12,16H2,1H3;4-8H,1-3H3;1H;/q;;;+2/p-1/t15-;;;/m0.../s1. The first-order valence-corrected chi connectivity index (χ1v) is 14.3. The molecule has 0 unspecified atom stereocenters. The number of halogens is 1. The molecule has 1 atom stereocenters. The maximum absolute atomic E-state index is 11.6. The van der Waals surface area contributed by atoms with Crippen LogP contribution >= 0.6 is 9.69 Å². The van der Waals surface area contributed by atoms with Crippen molar-refractivity contribution in [3.8, 4) is 0 Å². The van der Waals surface area contributed by atoms with E-state index in [0.29, 0.717) is 12.3 Å². The van der Waals surface area contributed by atoms with Gasteiger partial charge in [0.1, 0.15) is 5.66 Å². The summed E-state index contributed by atoms with van der Waals surface area (Å²) in [4.78, 5) is 0. The van der Waals surface area contributed by atoms with Gasteiger partial charge >= 0.3 is 27.0 Å². The van der Waals surface area contributed by atoms with Gasteiger partial charge < -0.3 is 5.73 Å². The number of hydrogen-bond acceptors (Lipinski definition) is 3. The molecule has 0 radical (unpaired) electrons. The molecule has 3 N–H and O–H groups in total. The van der Waals surface area contributed by atoms with Crippen molar-refractivity contribution in [1.82, 2.24) is 4.72 Å². The van der Waals surface area contributed by atoms with Gasteiger partial charge in [-0.1, -0.05) is 104 Å². The number of benzene rings is 3. The van der Waals surface area contributed by atoms with Crippen LogP contribution in [0.3, 0.4) is 0 Å². The predicted octanol–water partition coefficient (Wildman–Crippen LogP) is 5.40. The second-order valence-corrected chi connectivity index (χ2v) is 9.69. The fraction of sp³-hybridized carbons (Fsp3) is 0.280. The first-order chi connectivity index (χ1) is 15.1. The van der Waals surface area contributed by atoms with E-state index in [2.05, 4.69) is 59.4 Å². The molecule has 3 aromatic carbocycles. The van der Waals surface area contributed by atoms with Crippen LogP contribution in [-0.2, 0) is 39.4 Å². The molecule has 3 aromatic rings. The van der Waals surface area contributed by atoms with E-state index in [9.17, 15) is 8.42 Å². The van der Waals surface area contributed by atoms with Crippen LogP contribution in [0.4, 0.5) is 0 Å². The van der Waals surface area contributed by atoms with Gasteiger partial charge in [-0.25, -0.2) is 8.42 Å². The Morgan fingerprint density at radius 3 is 1.81 bits per heavy atom. The van der Waals surface area contributed by atoms with Crippen molar-refractivity contribution >= 4 is 19.7 Å². The third-order valence-electron chi connectivity index (χ3n) is 4.73. The normalized spacial score (nSPS) is 12.6. The number of rotatable bonds is 6. The molecule has 0 heterocycles. The van der Waals surface area contributed by atoms with E-state index in [1.807, 2.05) is 78.0 Å². The van der Waals surface area contributed by atoms with Crippen LogP contribution in [0.25, 0.3) is 0 Å². The van der Waals surface area contributed by atoms with E-state index in [-0.39, 0.29) is 0 Å². The fourth-order valence-electron chi connectivity index (χ4n) is 3.13. The molecule has 0 saturated carbocycles. The van der Waals surface area contributed by atoms with Crippen LogP contribution in [0, 0.1) is 6.92 Å². The van der Waals surface area contributed by atoms with Gasteiger partial charge in [0.25, 0.3) is 0 Å². The Morgan fingerprint density at radius 1 is 0.906 bits per heavy atom. The van der Waals surface area contributed by atoms with Crippen LogP contribution in [0.1, 0.15) is 42.0 Å². The molecular weight excluding hydrogens is 529 g/mol.